The number of halogens is 4. The van der Waals surface area contributed by atoms with Crippen LogP contribution in [0, 0.1) is 29.4 Å². The molecule has 1 heterocycles. The predicted molar refractivity (Wildman–Crippen MR) is 167 cm³/mol. The van der Waals surface area contributed by atoms with Crippen molar-refractivity contribution in [2.75, 3.05) is 19.0 Å². The van der Waals surface area contributed by atoms with Crippen molar-refractivity contribution in [3.8, 4) is 5.75 Å². The Morgan fingerprint density at radius 3 is 2.16 bits per heavy atom. The summed E-state index contributed by atoms with van der Waals surface area (Å²) >= 11 is 1.31. The summed E-state index contributed by atoms with van der Waals surface area (Å²) in [6, 6.07) is 9.49. The van der Waals surface area contributed by atoms with Crippen molar-refractivity contribution >= 4 is 11.8 Å². The van der Waals surface area contributed by atoms with Crippen molar-refractivity contribution in [3.05, 3.63) is 59.2 Å². The van der Waals surface area contributed by atoms with Crippen LogP contribution in [-0.4, -0.2) is 31.4 Å². The molecule has 3 fully saturated rings. The van der Waals surface area contributed by atoms with E-state index in [-0.39, 0.29) is 36.6 Å². The van der Waals surface area contributed by atoms with Crippen LogP contribution in [0.3, 0.4) is 0 Å². The molecule has 2 aromatic carbocycles. The molecular formula is C36H48F4O3S. The average Bonchev–Trinajstić information content (AvgIpc) is 3.03. The molecule has 2 aliphatic carbocycles. The molecule has 1 saturated heterocycles. The van der Waals surface area contributed by atoms with Crippen LogP contribution in [0.4, 0.5) is 17.6 Å². The molecular weight excluding hydrogens is 588 g/mol. The highest BCUT2D eigenvalue weighted by Gasteiger charge is 2.44. The maximum atomic E-state index is 15.4. The standard InChI is InChI=1S/C36H48F4O3S/c1-3-5-6-7-24-22-41-35(42-23-24)27-10-8-25(9-11-27)28-14-18-31(32(37)20-28)26-12-15-29(16-13-26)36(39,40)43-30-17-19-34(44-4-2)33(38)21-30/h14,17-21,24-27,29,35H,3-13,15-16,22-23H2,1-2H3. The van der Waals surface area contributed by atoms with Gasteiger partial charge in [-0.25, -0.2) is 8.78 Å². The molecule has 8 heteroatoms. The molecule has 0 atom stereocenters. The Labute approximate surface area is 264 Å². The molecule has 2 saturated carbocycles. The van der Waals surface area contributed by atoms with Gasteiger partial charge in [0.1, 0.15) is 17.4 Å². The van der Waals surface area contributed by atoms with Crippen LogP contribution in [0.25, 0.3) is 0 Å². The van der Waals surface area contributed by atoms with Gasteiger partial charge < -0.3 is 14.2 Å². The Morgan fingerprint density at radius 1 is 0.818 bits per heavy atom. The Morgan fingerprint density at radius 2 is 1.52 bits per heavy atom. The maximum Gasteiger partial charge on any atom is 0.400 e. The molecule has 244 valence electrons. The number of rotatable bonds is 12. The first-order chi connectivity index (χ1) is 21.3. The molecule has 0 bridgehead atoms. The lowest BCUT2D eigenvalue weighted by Crippen LogP contribution is -2.38. The van der Waals surface area contributed by atoms with Crippen LogP contribution in [0.1, 0.15) is 114 Å². The Balaban J connectivity index is 1.08. The molecule has 0 unspecified atom stereocenters. The van der Waals surface area contributed by atoms with Crippen LogP contribution < -0.4 is 4.74 Å². The first-order valence-corrected chi connectivity index (χ1v) is 17.8. The van der Waals surface area contributed by atoms with E-state index >= 15 is 13.2 Å². The number of hydrogen-bond acceptors (Lipinski definition) is 4. The molecule has 0 amide bonds. The van der Waals surface area contributed by atoms with Crippen molar-refractivity contribution in [1.29, 1.82) is 0 Å². The quantitative estimate of drug-likeness (QED) is 0.132. The van der Waals surface area contributed by atoms with E-state index < -0.39 is 17.8 Å². The summed E-state index contributed by atoms with van der Waals surface area (Å²) in [4.78, 5) is 0.416. The van der Waals surface area contributed by atoms with Gasteiger partial charge in [-0.3, -0.25) is 0 Å². The van der Waals surface area contributed by atoms with E-state index in [1.807, 2.05) is 19.1 Å². The predicted octanol–water partition coefficient (Wildman–Crippen LogP) is 10.9. The highest BCUT2D eigenvalue weighted by molar-refractivity contribution is 7.99. The molecule has 3 aliphatic rings. The zero-order valence-corrected chi connectivity index (χ0v) is 27.0. The SMILES string of the molecule is CCCCCC1COC(C2CCC(c3ccc(C4CCC(C(F)(F)Oc5ccc(SCC)c(F)c5)CC4)c(F)c3)CC2)OC1. The topological polar surface area (TPSA) is 27.7 Å². The molecule has 3 nitrogen and oxygen atoms in total. The number of unbranched alkanes of at least 4 members (excludes halogenated alkanes) is 2. The minimum Gasteiger partial charge on any atom is -0.432 e. The van der Waals surface area contributed by atoms with Crippen molar-refractivity contribution in [1.82, 2.24) is 0 Å². The van der Waals surface area contributed by atoms with Crippen molar-refractivity contribution < 1.29 is 31.8 Å². The smallest absolute Gasteiger partial charge is 0.400 e. The summed E-state index contributed by atoms with van der Waals surface area (Å²) in [7, 11) is 0. The summed E-state index contributed by atoms with van der Waals surface area (Å²) < 4.78 is 76.9. The van der Waals surface area contributed by atoms with Gasteiger partial charge in [0, 0.05) is 22.8 Å². The summed E-state index contributed by atoms with van der Waals surface area (Å²) in [5.74, 6) is -0.149. The van der Waals surface area contributed by atoms with E-state index in [0.717, 1.165) is 50.5 Å². The first kappa shape index (κ1) is 33.6. The van der Waals surface area contributed by atoms with Crippen LogP contribution in [0.15, 0.2) is 41.3 Å². The molecule has 44 heavy (non-hydrogen) atoms. The van der Waals surface area contributed by atoms with Crippen molar-refractivity contribution in [2.45, 2.75) is 120 Å². The van der Waals surface area contributed by atoms with Gasteiger partial charge in [0.15, 0.2) is 6.29 Å². The van der Waals surface area contributed by atoms with Gasteiger partial charge in [0.25, 0.3) is 0 Å². The Kier molecular flexibility index (Phi) is 12.0. The summed E-state index contributed by atoms with van der Waals surface area (Å²) in [6.45, 7) is 5.70. The Hall–Kier alpha value is -1.77. The second-order valence-electron chi connectivity index (χ2n) is 13.0. The van der Waals surface area contributed by atoms with Crippen LogP contribution in [-0.2, 0) is 9.47 Å². The number of ether oxygens (including phenoxy) is 3. The average molecular weight is 637 g/mol. The van der Waals surface area contributed by atoms with Crippen LogP contribution in [0.5, 0.6) is 5.75 Å². The summed E-state index contributed by atoms with van der Waals surface area (Å²) in [6.07, 6.45) is 6.73. The molecule has 0 radical (unpaired) electrons. The highest BCUT2D eigenvalue weighted by atomic mass is 32.2. The van der Waals surface area contributed by atoms with Gasteiger partial charge in [-0.2, -0.15) is 8.78 Å². The summed E-state index contributed by atoms with van der Waals surface area (Å²) in [5.41, 5.74) is 1.64. The number of alkyl halides is 2. The lowest BCUT2D eigenvalue weighted by molar-refractivity contribution is -0.229. The lowest BCUT2D eigenvalue weighted by atomic mass is 9.76. The third kappa shape index (κ3) is 8.52. The third-order valence-electron chi connectivity index (χ3n) is 9.96. The van der Waals surface area contributed by atoms with Crippen molar-refractivity contribution in [2.24, 2.45) is 17.8 Å². The molecule has 1 aliphatic heterocycles. The molecule has 5 rings (SSSR count). The van der Waals surface area contributed by atoms with E-state index in [1.54, 1.807) is 6.07 Å². The summed E-state index contributed by atoms with van der Waals surface area (Å²) in [5, 5.41) is 0. The number of hydrogen-bond donors (Lipinski definition) is 0. The fourth-order valence-electron chi connectivity index (χ4n) is 7.33. The number of benzene rings is 2. The van der Waals surface area contributed by atoms with Gasteiger partial charge in [-0.15, -0.1) is 11.8 Å². The van der Waals surface area contributed by atoms with Gasteiger partial charge in [-0.1, -0.05) is 45.2 Å². The van der Waals surface area contributed by atoms with Gasteiger partial charge in [0.05, 0.1) is 19.1 Å². The highest BCUT2D eigenvalue weighted by Crippen LogP contribution is 2.45. The van der Waals surface area contributed by atoms with E-state index in [2.05, 4.69) is 6.92 Å². The second kappa shape index (κ2) is 15.7. The maximum absolute atomic E-state index is 15.4. The van der Waals surface area contributed by atoms with E-state index in [1.165, 1.54) is 49.6 Å². The monoisotopic (exact) mass is 636 g/mol. The van der Waals surface area contributed by atoms with Gasteiger partial charge in [-0.05, 0) is 105 Å². The molecule has 0 spiro atoms. The zero-order chi connectivity index (χ0) is 31.1. The fraction of sp³-hybridized carbons (Fsp3) is 0.667. The zero-order valence-electron chi connectivity index (χ0n) is 26.2. The Bertz CT molecular complexity index is 1190. The van der Waals surface area contributed by atoms with Gasteiger partial charge >= 0.3 is 6.11 Å². The first-order valence-electron chi connectivity index (χ1n) is 16.8. The largest absolute Gasteiger partial charge is 0.432 e. The fourth-order valence-corrected chi connectivity index (χ4v) is 8.00. The van der Waals surface area contributed by atoms with Crippen LogP contribution >= 0.6 is 11.8 Å². The second-order valence-corrected chi connectivity index (χ2v) is 14.3. The minimum atomic E-state index is -3.41. The van der Waals surface area contributed by atoms with Crippen LogP contribution in [0.2, 0.25) is 0 Å². The van der Waals surface area contributed by atoms with E-state index in [4.69, 9.17) is 14.2 Å². The molecule has 2 aromatic rings. The van der Waals surface area contributed by atoms with E-state index in [0.29, 0.717) is 46.8 Å². The number of thioether (sulfide) groups is 1. The van der Waals surface area contributed by atoms with Crippen molar-refractivity contribution in [3.63, 3.8) is 0 Å². The third-order valence-corrected chi connectivity index (χ3v) is 10.9. The minimum absolute atomic E-state index is 0.0963. The lowest BCUT2D eigenvalue weighted by Gasteiger charge is -2.38. The molecule has 0 aromatic heterocycles. The van der Waals surface area contributed by atoms with E-state index in [9.17, 15) is 4.39 Å². The normalized spacial score (nSPS) is 28.1. The molecule has 0 N–H and O–H groups in total. The van der Waals surface area contributed by atoms with Gasteiger partial charge in [0.2, 0.25) is 0 Å².